The van der Waals surface area contributed by atoms with Crippen molar-refractivity contribution in [3.63, 3.8) is 0 Å². The van der Waals surface area contributed by atoms with E-state index in [0.717, 1.165) is 6.42 Å². The van der Waals surface area contributed by atoms with Gasteiger partial charge in [-0.25, -0.2) is 0 Å². The van der Waals surface area contributed by atoms with Gasteiger partial charge in [-0.1, -0.05) is 13.3 Å². The Balaban J connectivity index is -0.0000000800. The molecule has 16 heavy (non-hydrogen) atoms. The maximum Gasteiger partial charge on any atom is 0.275 e. The molecule has 0 aliphatic carbocycles. The van der Waals surface area contributed by atoms with Crippen LogP contribution in [0.5, 0.6) is 0 Å². The van der Waals surface area contributed by atoms with Crippen molar-refractivity contribution in [2.75, 3.05) is 18.1 Å². The van der Waals surface area contributed by atoms with Crippen LogP contribution in [0.15, 0.2) is 0 Å². The molecule has 0 atom stereocenters. The molecular formula is C11H22O2SY2-2. The molecule has 0 fully saturated rings. The van der Waals surface area contributed by atoms with Crippen molar-refractivity contribution < 1.29 is 74.9 Å². The van der Waals surface area contributed by atoms with Crippen molar-refractivity contribution in [3.8, 4) is 0 Å². The summed E-state index contributed by atoms with van der Waals surface area (Å²) in [7, 11) is 0. The van der Waals surface area contributed by atoms with E-state index in [-0.39, 0.29) is 77.8 Å². The van der Waals surface area contributed by atoms with Gasteiger partial charge in [-0.05, 0) is 24.9 Å². The van der Waals surface area contributed by atoms with Gasteiger partial charge in [0.15, 0.2) is 0 Å². The molecule has 2 radical (unpaired) electrons. The molecule has 0 spiro atoms. The number of carbonyl (C=O) groups excluding carboxylic acids is 1. The first-order valence-electron chi connectivity index (χ1n) is 5.04. The van der Waals surface area contributed by atoms with Crippen LogP contribution >= 0.6 is 11.8 Å². The van der Waals surface area contributed by atoms with E-state index in [1.165, 1.54) is 17.9 Å². The molecule has 0 amide bonds. The standard InChI is InChI=1S/C6H13S.C5H9O2.2Y/c1-3-5-7-6-4-2;1-3-5(6)7-4-2;;/h1,3-6H2,2H3;1,3-4H2,2H3;;/q2*-1;;. The minimum Gasteiger partial charge on any atom is -0.468 e. The van der Waals surface area contributed by atoms with Gasteiger partial charge >= 0.3 is 0 Å². The topological polar surface area (TPSA) is 26.3 Å². The van der Waals surface area contributed by atoms with Crippen molar-refractivity contribution >= 4 is 17.7 Å². The van der Waals surface area contributed by atoms with Crippen LogP contribution in [0.4, 0.5) is 0 Å². The predicted octanol–water partition coefficient (Wildman–Crippen LogP) is 3.12. The smallest absolute Gasteiger partial charge is 0.275 e. The van der Waals surface area contributed by atoms with Crippen LogP contribution in [0, 0.1) is 13.8 Å². The molecule has 0 aliphatic rings. The third kappa shape index (κ3) is 29.8. The third-order valence-electron chi connectivity index (χ3n) is 1.15. The molecule has 92 valence electrons. The summed E-state index contributed by atoms with van der Waals surface area (Å²) < 4.78 is 4.49. The molecule has 2 nitrogen and oxygen atoms in total. The van der Waals surface area contributed by atoms with Crippen LogP contribution < -0.4 is 0 Å². The summed E-state index contributed by atoms with van der Waals surface area (Å²) in [5, 5.41) is 0. The first-order chi connectivity index (χ1) is 6.72. The number of ether oxygens (including phenoxy) is 1. The van der Waals surface area contributed by atoms with Gasteiger partial charge in [-0.15, -0.1) is 0 Å². The van der Waals surface area contributed by atoms with Crippen molar-refractivity contribution in [3.05, 3.63) is 13.8 Å². The number of hydrogen-bond acceptors (Lipinski definition) is 3. The maximum absolute atomic E-state index is 10.1. The SMILES string of the molecule is [CH2-]CC(=O)OCC.[CH2-]CCSCCC.[Y].[Y]. The van der Waals surface area contributed by atoms with Gasteiger partial charge in [0, 0.05) is 65.4 Å². The van der Waals surface area contributed by atoms with E-state index in [1.807, 2.05) is 11.8 Å². The zero-order valence-electron chi connectivity index (χ0n) is 10.5. The number of rotatable bonds is 6. The Labute approximate surface area is 156 Å². The molecule has 5 heteroatoms. The fraction of sp³-hybridized carbons (Fsp3) is 0.727. The second-order valence-electron chi connectivity index (χ2n) is 2.52. The average Bonchev–Trinajstić information content (AvgIpc) is 2.20. The molecule has 0 unspecified atom stereocenters. The van der Waals surface area contributed by atoms with Gasteiger partial charge in [-0.3, -0.25) is 4.79 Å². The molecule has 0 aliphatic heterocycles. The molecule has 0 saturated heterocycles. The molecular weight excluding hydrogens is 374 g/mol. The van der Waals surface area contributed by atoms with Crippen molar-refractivity contribution in [1.82, 2.24) is 0 Å². The van der Waals surface area contributed by atoms with Crippen LogP contribution in [-0.4, -0.2) is 24.1 Å². The molecule has 0 aromatic rings. The Morgan fingerprint density at radius 1 is 1.19 bits per heavy atom. The zero-order chi connectivity index (χ0) is 11.2. The summed E-state index contributed by atoms with van der Waals surface area (Å²) in [5.41, 5.74) is 0. The number of esters is 1. The fourth-order valence-electron chi connectivity index (χ4n) is 0.582. The van der Waals surface area contributed by atoms with Gasteiger partial charge < -0.3 is 18.6 Å². The summed E-state index contributed by atoms with van der Waals surface area (Å²) >= 11 is 1.99. The summed E-state index contributed by atoms with van der Waals surface area (Å²) in [4.78, 5) is 10.1. The van der Waals surface area contributed by atoms with Crippen LogP contribution in [-0.2, 0) is 74.9 Å². The van der Waals surface area contributed by atoms with E-state index >= 15 is 0 Å². The number of hydrogen-bond donors (Lipinski definition) is 0. The van der Waals surface area contributed by atoms with Gasteiger partial charge in [0.05, 0.1) is 6.61 Å². The van der Waals surface area contributed by atoms with Crippen molar-refractivity contribution in [1.29, 1.82) is 0 Å². The van der Waals surface area contributed by atoms with Gasteiger partial charge in [0.1, 0.15) is 0 Å². The summed E-state index contributed by atoms with van der Waals surface area (Å²) in [5.74, 6) is 2.30. The van der Waals surface area contributed by atoms with Crippen molar-refractivity contribution in [2.45, 2.75) is 33.1 Å². The molecule has 0 heterocycles. The molecule has 0 N–H and O–H groups in total. The van der Waals surface area contributed by atoms with E-state index in [1.54, 1.807) is 6.92 Å². The van der Waals surface area contributed by atoms with Crippen LogP contribution in [0.25, 0.3) is 0 Å². The second-order valence-corrected chi connectivity index (χ2v) is 3.75. The Hall–Kier alpha value is 2.03. The van der Waals surface area contributed by atoms with Gasteiger partial charge in [-0.2, -0.15) is 18.2 Å². The van der Waals surface area contributed by atoms with E-state index in [2.05, 4.69) is 25.5 Å². The summed E-state index contributed by atoms with van der Waals surface area (Å²) in [6.07, 6.45) is 2.60. The number of thioether (sulfide) groups is 1. The quantitative estimate of drug-likeness (QED) is 0.392. The number of carbonyl (C=O) groups is 1. The maximum atomic E-state index is 10.1. The van der Waals surface area contributed by atoms with Crippen LogP contribution in [0.3, 0.4) is 0 Å². The molecule has 0 aromatic carbocycles. The first-order valence-corrected chi connectivity index (χ1v) is 6.20. The minimum absolute atomic E-state index is 0. The van der Waals surface area contributed by atoms with Crippen LogP contribution in [0.2, 0.25) is 0 Å². The first kappa shape index (κ1) is 26.6. The van der Waals surface area contributed by atoms with E-state index in [9.17, 15) is 4.79 Å². The van der Waals surface area contributed by atoms with Crippen LogP contribution in [0.1, 0.15) is 33.1 Å². The zero-order valence-corrected chi connectivity index (χ0v) is 17.0. The normalized spacial score (nSPS) is 7.75. The summed E-state index contributed by atoms with van der Waals surface area (Å²) in [6.45, 7) is 11.5. The molecule has 0 bridgehead atoms. The van der Waals surface area contributed by atoms with Gasteiger partial charge in [0.2, 0.25) is 0 Å². The molecule has 0 rings (SSSR count). The monoisotopic (exact) mass is 396 g/mol. The largest absolute Gasteiger partial charge is 0.468 e. The van der Waals surface area contributed by atoms with E-state index in [0.29, 0.717) is 6.61 Å². The minimum atomic E-state index is -0.234. The third-order valence-corrected chi connectivity index (χ3v) is 2.42. The molecule has 0 saturated carbocycles. The van der Waals surface area contributed by atoms with Crippen molar-refractivity contribution in [2.24, 2.45) is 0 Å². The Kier molecular flexibility index (Phi) is 42.8. The Morgan fingerprint density at radius 2 is 1.75 bits per heavy atom. The summed E-state index contributed by atoms with van der Waals surface area (Å²) in [6, 6.07) is 0. The Morgan fingerprint density at radius 3 is 2.00 bits per heavy atom. The van der Waals surface area contributed by atoms with E-state index < -0.39 is 0 Å². The Bertz CT molecular complexity index is 121. The van der Waals surface area contributed by atoms with Gasteiger partial charge in [0.25, 0.3) is 5.97 Å². The predicted molar refractivity (Wildman–Crippen MR) is 64.2 cm³/mol. The van der Waals surface area contributed by atoms with E-state index in [4.69, 9.17) is 0 Å². The molecule has 0 aromatic heterocycles. The fourth-order valence-corrected chi connectivity index (χ4v) is 1.28. The average molecular weight is 396 g/mol. The second kappa shape index (κ2) is 25.8.